The van der Waals surface area contributed by atoms with E-state index in [1.807, 2.05) is 0 Å². The monoisotopic (exact) mass is 215 g/mol. The van der Waals surface area contributed by atoms with Gasteiger partial charge in [-0.1, -0.05) is 11.8 Å². The minimum Gasteiger partial charge on any atom is -0.466 e. The number of thioether (sulfide) groups is 1. The number of nitrogens with zero attached hydrogens (tertiary/aromatic N) is 1. The molecule has 0 aromatic rings. The topological polar surface area (TPSA) is 70.7 Å². The summed E-state index contributed by atoms with van der Waals surface area (Å²) in [6.07, 6.45) is 1.20. The van der Waals surface area contributed by atoms with Crippen LogP contribution in [0.25, 0.3) is 0 Å². The fourth-order valence-electron chi connectivity index (χ4n) is 1.22. The SMILES string of the molecule is COC(=O)/C=C1\SC2NCNN2C1=O. The van der Waals surface area contributed by atoms with Crippen molar-refractivity contribution >= 4 is 23.6 Å². The molecular weight excluding hydrogens is 206 g/mol. The number of carbonyl (C=O) groups is 2. The van der Waals surface area contributed by atoms with Crippen molar-refractivity contribution in [3.63, 3.8) is 0 Å². The van der Waals surface area contributed by atoms with E-state index in [2.05, 4.69) is 15.5 Å². The molecule has 6 nitrogen and oxygen atoms in total. The molecule has 0 aliphatic carbocycles. The quantitative estimate of drug-likeness (QED) is 0.430. The maximum atomic E-state index is 11.6. The summed E-state index contributed by atoms with van der Waals surface area (Å²) in [5.74, 6) is -0.711. The first-order valence-corrected chi connectivity index (χ1v) is 4.87. The molecule has 2 N–H and O–H groups in total. The van der Waals surface area contributed by atoms with Crippen molar-refractivity contribution in [2.75, 3.05) is 13.8 Å². The Morgan fingerprint density at radius 3 is 3.21 bits per heavy atom. The second kappa shape index (κ2) is 3.60. The Bertz CT molecular complexity index is 317. The van der Waals surface area contributed by atoms with Crippen molar-refractivity contribution in [1.82, 2.24) is 15.8 Å². The lowest BCUT2D eigenvalue weighted by molar-refractivity contribution is -0.135. The molecule has 2 heterocycles. The number of esters is 1. The van der Waals surface area contributed by atoms with E-state index in [0.717, 1.165) is 0 Å². The molecule has 2 rings (SSSR count). The van der Waals surface area contributed by atoms with Crippen molar-refractivity contribution < 1.29 is 14.3 Å². The van der Waals surface area contributed by atoms with Crippen molar-refractivity contribution in [2.45, 2.75) is 5.50 Å². The fourth-order valence-corrected chi connectivity index (χ4v) is 2.26. The van der Waals surface area contributed by atoms with Gasteiger partial charge in [-0.05, 0) is 0 Å². The summed E-state index contributed by atoms with van der Waals surface area (Å²) in [6.45, 7) is 0.564. The average molecular weight is 215 g/mol. The number of methoxy groups -OCH3 is 1. The maximum Gasteiger partial charge on any atom is 0.331 e. The summed E-state index contributed by atoms with van der Waals surface area (Å²) in [5.41, 5.74) is 2.74. The highest BCUT2D eigenvalue weighted by Crippen LogP contribution is 2.33. The molecular formula is C7H9N3O3S. The second-order valence-corrected chi connectivity index (χ2v) is 3.84. The predicted octanol–water partition coefficient (Wildman–Crippen LogP) is -1.03. The minimum absolute atomic E-state index is 0.113. The molecule has 76 valence electrons. The highest BCUT2D eigenvalue weighted by Gasteiger charge is 2.39. The van der Waals surface area contributed by atoms with Gasteiger partial charge in [-0.25, -0.2) is 15.2 Å². The van der Waals surface area contributed by atoms with Gasteiger partial charge in [0.2, 0.25) is 0 Å². The maximum absolute atomic E-state index is 11.6. The molecule has 2 aliphatic rings. The van der Waals surface area contributed by atoms with E-state index in [1.165, 1.54) is 30.0 Å². The summed E-state index contributed by atoms with van der Waals surface area (Å²) < 4.78 is 4.44. The Balaban J connectivity index is 2.14. The Morgan fingerprint density at radius 2 is 2.57 bits per heavy atom. The van der Waals surface area contributed by atoms with Crippen LogP contribution in [0, 0.1) is 0 Å². The van der Waals surface area contributed by atoms with Crippen LogP contribution in [0.1, 0.15) is 0 Å². The number of hydrazine groups is 1. The minimum atomic E-state index is -0.512. The van der Waals surface area contributed by atoms with Gasteiger partial charge in [0.15, 0.2) is 5.50 Å². The molecule has 1 amide bonds. The van der Waals surface area contributed by atoms with Gasteiger partial charge in [0.1, 0.15) is 0 Å². The van der Waals surface area contributed by atoms with Gasteiger partial charge in [0, 0.05) is 6.08 Å². The van der Waals surface area contributed by atoms with Gasteiger partial charge in [-0.2, -0.15) is 0 Å². The predicted molar refractivity (Wildman–Crippen MR) is 49.5 cm³/mol. The van der Waals surface area contributed by atoms with Crippen LogP contribution in [0.4, 0.5) is 0 Å². The summed E-state index contributed by atoms with van der Waals surface area (Å²) in [7, 11) is 1.28. The molecule has 0 saturated carbocycles. The number of hydrogen-bond donors (Lipinski definition) is 2. The standard InChI is InChI=1S/C7H9N3O3S/c1-13-5(11)2-4-6(12)10-7(14-4)8-3-9-10/h2,7-9H,3H2,1H3/b4-2-. The second-order valence-electron chi connectivity index (χ2n) is 2.72. The first-order chi connectivity index (χ1) is 6.72. The van der Waals surface area contributed by atoms with Crippen LogP contribution in [0.15, 0.2) is 11.0 Å². The van der Waals surface area contributed by atoms with E-state index in [1.54, 1.807) is 0 Å². The fraction of sp³-hybridized carbons (Fsp3) is 0.429. The number of nitrogens with one attached hydrogen (secondary N) is 2. The molecule has 2 fully saturated rings. The summed E-state index contributed by atoms with van der Waals surface area (Å²) in [6, 6.07) is 0. The molecule has 0 spiro atoms. The van der Waals surface area contributed by atoms with Crippen LogP contribution in [0.2, 0.25) is 0 Å². The third kappa shape index (κ3) is 1.49. The van der Waals surface area contributed by atoms with Crippen LogP contribution in [0.3, 0.4) is 0 Å². The van der Waals surface area contributed by atoms with E-state index in [4.69, 9.17) is 0 Å². The zero-order valence-electron chi connectivity index (χ0n) is 7.44. The lowest BCUT2D eigenvalue weighted by Crippen LogP contribution is -2.36. The van der Waals surface area contributed by atoms with Crippen LogP contribution >= 0.6 is 11.8 Å². The Hall–Kier alpha value is -1.05. The number of carbonyl (C=O) groups excluding carboxylic acids is 2. The third-order valence-electron chi connectivity index (χ3n) is 1.88. The van der Waals surface area contributed by atoms with Crippen molar-refractivity contribution in [2.24, 2.45) is 0 Å². The van der Waals surface area contributed by atoms with Crippen LogP contribution < -0.4 is 10.7 Å². The van der Waals surface area contributed by atoms with Crippen molar-refractivity contribution in [3.05, 3.63) is 11.0 Å². The first kappa shape index (κ1) is 9.50. The van der Waals surface area contributed by atoms with E-state index < -0.39 is 5.97 Å². The van der Waals surface area contributed by atoms with Crippen molar-refractivity contribution in [3.8, 4) is 0 Å². The van der Waals surface area contributed by atoms with E-state index in [0.29, 0.717) is 11.6 Å². The number of hydrogen-bond acceptors (Lipinski definition) is 6. The number of fused-ring (bicyclic) bond motifs is 1. The molecule has 14 heavy (non-hydrogen) atoms. The highest BCUT2D eigenvalue weighted by atomic mass is 32.2. The molecule has 0 radical (unpaired) electrons. The van der Waals surface area contributed by atoms with Crippen LogP contribution in [-0.4, -0.2) is 36.2 Å². The number of rotatable bonds is 1. The van der Waals surface area contributed by atoms with Gasteiger partial charge >= 0.3 is 5.97 Å². The Labute approximate surface area is 84.6 Å². The number of ether oxygens (including phenoxy) is 1. The lowest BCUT2D eigenvalue weighted by atomic mass is 10.4. The van der Waals surface area contributed by atoms with Crippen LogP contribution in [-0.2, 0) is 14.3 Å². The van der Waals surface area contributed by atoms with Crippen molar-refractivity contribution in [1.29, 1.82) is 0 Å². The van der Waals surface area contributed by atoms with Gasteiger partial charge in [0.25, 0.3) is 5.91 Å². The largest absolute Gasteiger partial charge is 0.466 e. The molecule has 0 aromatic carbocycles. The summed E-state index contributed by atoms with van der Waals surface area (Å²) in [5, 5.41) is 4.49. The summed E-state index contributed by atoms with van der Waals surface area (Å²) in [4.78, 5) is 22.9. The molecule has 7 heteroatoms. The normalized spacial score (nSPS) is 28.4. The average Bonchev–Trinajstić information content (AvgIpc) is 2.72. The Kier molecular flexibility index (Phi) is 2.44. The smallest absolute Gasteiger partial charge is 0.331 e. The van der Waals surface area contributed by atoms with Gasteiger partial charge < -0.3 is 4.74 Å². The molecule has 0 bridgehead atoms. The highest BCUT2D eigenvalue weighted by molar-refractivity contribution is 8.05. The third-order valence-corrected chi connectivity index (χ3v) is 3.03. The van der Waals surface area contributed by atoms with Crippen LogP contribution in [0.5, 0.6) is 0 Å². The summed E-state index contributed by atoms with van der Waals surface area (Å²) >= 11 is 1.30. The van der Waals surface area contributed by atoms with E-state index >= 15 is 0 Å². The molecule has 1 atom stereocenters. The van der Waals surface area contributed by atoms with Gasteiger partial charge in [-0.15, -0.1) is 0 Å². The van der Waals surface area contributed by atoms with E-state index in [9.17, 15) is 9.59 Å². The van der Waals surface area contributed by atoms with E-state index in [-0.39, 0.29) is 11.4 Å². The Morgan fingerprint density at radius 1 is 1.79 bits per heavy atom. The number of amides is 1. The zero-order chi connectivity index (χ0) is 10.1. The first-order valence-electron chi connectivity index (χ1n) is 3.99. The molecule has 2 saturated heterocycles. The molecule has 1 unspecified atom stereocenters. The molecule has 0 aromatic heterocycles. The van der Waals surface area contributed by atoms with Gasteiger partial charge in [-0.3, -0.25) is 10.1 Å². The van der Waals surface area contributed by atoms with Gasteiger partial charge in [0.05, 0.1) is 18.7 Å². The lowest BCUT2D eigenvalue weighted by Gasteiger charge is -2.10. The molecule has 2 aliphatic heterocycles. The zero-order valence-corrected chi connectivity index (χ0v) is 8.26.